The lowest BCUT2D eigenvalue weighted by atomic mass is 9.92. The van der Waals surface area contributed by atoms with E-state index in [1.165, 1.54) is 0 Å². The third kappa shape index (κ3) is 3.76. The lowest BCUT2D eigenvalue weighted by Crippen LogP contribution is -2.15. The van der Waals surface area contributed by atoms with E-state index in [9.17, 15) is 4.79 Å². The van der Waals surface area contributed by atoms with Gasteiger partial charge in [-0.3, -0.25) is 9.89 Å². The number of carbonyl (C=O) groups excluding carboxylic acids is 1. The highest BCUT2D eigenvalue weighted by Gasteiger charge is 2.18. The minimum Gasteiger partial charge on any atom is -0.309 e. The molecule has 0 aliphatic heterocycles. The normalized spacial score (nSPS) is 11.5. The number of aromatic nitrogens is 5. The standard InChI is InChI=1S/C18H22N6O/c1-12-14(20-23-24(12)13-8-6-5-7-9-13)10-17(25)19-16-11-15(21-22-16)18(2,3)4/h5-9,11H,10H2,1-4H3,(H2,19,21,22,25). The first-order chi connectivity index (χ1) is 11.8. The van der Waals surface area contributed by atoms with Crippen LogP contribution in [0.25, 0.3) is 5.69 Å². The van der Waals surface area contributed by atoms with Gasteiger partial charge in [-0.1, -0.05) is 44.2 Å². The molecule has 2 heterocycles. The minimum absolute atomic E-state index is 0.0507. The van der Waals surface area contributed by atoms with Gasteiger partial charge in [0.05, 0.1) is 23.5 Å². The molecule has 2 aromatic heterocycles. The van der Waals surface area contributed by atoms with Crippen LogP contribution in [0.4, 0.5) is 5.82 Å². The number of para-hydroxylation sites is 1. The molecule has 25 heavy (non-hydrogen) atoms. The predicted molar refractivity (Wildman–Crippen MR) is 95.7 cm³/mol. The highest BCUT2D eigenvalue weighted by Crippen LogP contribution is 2.22. The molecule has 0 bridgehead atoms. The summed E-state index contributed by atoms with van der Waals surface area (Å²) in [5, 5.41) is 18.2. The number of amides is 1. The second-order valence-corrected chi connectivity index (χ2v) is 7.01. The predicted octanol–water partition coefficient (Wildman–Crippen LogP) is 2.78. The Morgan fingerprint density at radius 1 is 1.24 bits per heavy atom. The molecule has 0 spiro atoms. The summed E-state index contributed by atoms with van der Waals surface area (Å²) in [5.74, 6) is 0.346. The molecule has 0 fully saturated rings. The van der Waals surface area contributed by atoms with Crippen LogP contribution in [0.5, 0.6) is 0 Å². The summed E-state index contributed by atoms with van der Waals surface area (Å²) in [6, 6.07) is 11.6. The van der Waals surface area contributed by atoms with Crippen LogP contribution in [0.15, 0.2) is 36.4 Å². The maximum atomic E-state index is 12.3. The van der Waals surface area contributed by atoms with E-state index < -0.39 is 0 Å². The van der Waals surface area contributed by atoms with E-state index in [4.69, 9.17) is 0 Å². The minimum atomic E-state index is -0.171. The fraction of sp³-hybridized carbons (Fsp3) is 0.333. The van der Waals surface area contributed by atoms with E-state index >= 15 is 0 Å². The summed E-state index contributed by atoms with van der Waals surface area (Å²) in [5.41, 5.74) is 3.33. The SMILES string of the molecule is Cc1c(CC(=O)Nc2cc(C(C)(C)C)[nH]n2)nnn1-c1ccccc1. The number of H-pyrrole nitrogens is 1. The molecule has 1 amide bonds. The Morgan fingerprint density at radius 3 is 2.60 bits per heavy atom. The molecule has 0 saturated heterocycles. The van der Waals surface area contributed by atoms with Gasteiger partial charge in [0.1, 0.15) is 0 Å². The third-order valence-electron chi connectivity index (χ3n) is 3.97. The number of nitrogens with zero attached hydrogens (tertiary/aromatic N) is 4. The van der Waals surface area contributed by atoms with E-state index in [1.807, 2.05) is 43.3 Å². The van der Waals surface area contributed by atoms with Crippen molar-refractivity contribution in [2.24, 2.45) is 0 Å². The fourth-order valence-electron chi connectivity index (χ4n) is 2.45. The Morgan fingerprint density at radius 2 is 1.96 bits per heavy atom. The number of anilines is 1. The van der Waals surface area contributed by atoms with Crippen molar-refractivity contribution in [2.45, 2.75) is 39.5 Å². The van der Waals surface area contributed by atoms with Crippen LogP contribution in [0.3, 0.4) is 0 Å². The van der Waals surface area contributed by atoms with Crippen LogP contribution in [-0.4, -0.2) is 31.1 Å². The lowest BCUT2D eigenvalue weighted by molar-refractivity contribution is -0.115. The molecule has 7 heteroatoms. The van der Waals surface area contributed by atoms with Crippen LogP contribution < -0.4 is 5.32 Å². The molecular formula is C18H22N6O. The molecule has 3 rings (SSSR count). The van der Waals surface area contributed by atoms with Crippen molar-refractivity contribution in [3.63, 3.8) is 0 Å². The lowest BCUT2D eigenvalue weighted by Gasteiger charge is -2.14. The quantitative estimate of drug-likeness (QED) is 0.765. The van der Waals surface area contributed by atoms with E-state index in [-0.39, 0.29) is 17.7 Å². The van der Waals surface area contributed by atoms with Crippen molar-refractivity contribution < 1.29 is 4.79 Å². The summed E-state index contributed by atoms with van der Waals surface area (Å²) >= 11 is 0. The van der Waals surface area contributed by atoms with Gasteiger partial charge < -0.3 is 5.32 Å². The Hall–Kier alpha value is -2.96. The first kappa shape index (κ1) is 16.9. The zero-order valence-corrected chi connectivity index (χ0v) is 14.9. The molecule has 3 aromatic rings. The van der Waals surface area contributed by atoms with Crippen molar-refractivity contribution >= 4 is 11.7 Å². The second-order valence-electron chi connectivity index (χ2n) is 7.01. The molecule has 0 atom stereocenters. The van der Waals surface area contributed by atoms with Crippen LogP contribution in [0, 0.1) is 6.92 Å². The van der Waals surface area contributed by atoms with Gasteiger partial charge in [-0.15, -0.1) is 5.10 Å². The van der Waals surface area contributed by atoms with Gasteiger partial charge in [0.2, 0.25) is 5.91 Å². The van der Waals surface area contributed by atoms with Gasteiger partial charge in [0, 0.05) is 17.2 Å². The topological polar surface area (TPSA) is 88.5 Å². The first-order valence-corrected chi connectivity index (χ1v) is 8.17. The van der Waals surface area contributed by atoms with Gasteiger partial charge in [-0.25, -0.2) is 4.68 Å². The number of hydrogen-bond acceptors (Lipinski definition) is 4. The average Bonchev–Trinajstić information content (AvgIpc) is 3.16. The molecular weight excluding hydrogens is 316 g/mol. The van der Waals surface area contributed by atoms with Gasteiger partial charge in [-0.05, 0) is 19.1 Å². The third-order valence-corrected chi connectivity index (χ3v) is 3.97. The Labute approximate surface area is 146 Å². The van der Waals surface area contributed by atoms with Gasteiger partial charge in [0.15, 0.2) is 5.82 Å². The van der Waals surface area contributed by atoms with Crippen LogP contribution in [0.2, 0.25) is 0 Å². The Kier molecular flexibility index (Phi) is 4.39. The maximum Gasteiger partial charge on any atom is 0.231 e. The molecule has 0 saturated carbocycles. The molecule has 0 unspecified atom stereocenters. The summed E-state index contributed by atoms with van der Waals surface area (Å²) in [6.45, 7) is 8.15. The van der Waals surface area contributed by atoms with Gasteiger partial charge in [-0.2, -0.15) is 5.10 Å². The van der Waals surface area contributed by atoms with Crippen molar-refractivity contribution in [1.82, 2.24) is 25.2 Å². The zero-order valence-electron chi connectivity index (χ0n) is 14.9. The van der Waals surface area contributed by atoms with E-state index in [1.54, 1.807) is 4.68 Å². The number of rotatable bonds is 4. The average molecular weight is 338 g/mol. The largest absolute Gasteiger partial charge is 0.309 e. The van der Waals surface area contributed by atoms with Crippen molar-refractivity contribution in [3.8, 4) is 5.69 Å². The van der Waals surface area contributed by atoms with E-state index in [0.29, 0.717) is 11.5 Å². The highest BCUT2D eigenvalue weighted by atomic mass is 16.1. The second kappa shape index (κ2) is 6.51. The number of aromatic amines is 1. The van der Waals surface area contributed by atoms with Gasteiger partial charge in [0.25, 0.3) is 0 Å². The van der Waals surface area contributed by atoms with Crippen LogP contribution in [0.1, 0.15) is 37.9 Å². The summed E-state index contributed by atoms with van der Waals surface area (Å²) in [7, 11) is 0. The number of carbonyl (C=O) groups is 1. The smallest absolute Gasteiger partial charge is 0.231 e. The van der Waals surface area contributed by atoms with Crippen molar-refractivity contribution in [2.75, 3.05) is 5.32 Å². The fourth-order valence-corrected chi connectivity index (χ4v) is 2.45. The molecule has 0 aliphatic rings. The molecule has 2 N–H and O–H groups in total. The molecule has 1 aromatic carbocycles. The molecule has 0 aliphatic carbocycles. The first-order valence-electron chi connectivity index (χ1n) is 8.17. The van der Waals surface area contributed by atoms with Crippen molar-refractivity contribution in [1.29, 1.82) is 0 Å². The number of hydrogen-bond donors (Lipinski definition) is 2. The number of benzene rings is 1. The van der Waals surface area contributed by atoms with Gasteiger partial charge >= 0.3 is 0 Å². The summed E-state index contributed by atoms with van der Waals surface area (Å²) in [4.78, 5) is 12.3. The van der Waals surface area contributed by atoms with Crippen molar-refractivity contribution in [3.05, 3.63) is 53.5 Å². The maximum absolute atomic E-state index is 12.3. The van der Waals surface area contributed by atoms with Crippen LogP contribution >= 0.6 is 0 Å². The zero-order chi connectivity index (χ0) is 18.0. The Balaban J connectivity index is 1.70. The Bertz CT molecular complexity index is 873. The monoisotopic (exact) mass is 338 g/mol. The number of nitrogens with one attached hydrogen (secondary N) is 2. The molecule has 0 radical (unpaired) electrons. The summed E-state index contributed by atoms with van der Waals surface area (Å²) in [6.07, 6.45) is 0.149. The molecule has 130 valence electrons. The van der Waals surface area contributed by atoms with Crippen LogP contribution in [-0.2, 0) is 16.6 Å². The highest BCUT2D eigenvalue weighted by molar-refractivity contribution is 5.91. The van der Waals surface area contributed by atoms with E-state index in [0.717, 1.165) is 17.1 Å². The van der Waals surface area contributed by atoms with E-state index in [2.05, 4.69) is 46.6 Å². The molecule has 7 nitrogen and oxygen atoms in total. The summed E-state index contributed by atoms with van der Waals surface area (Å²) < 4.78 is 1.73.